The molecule has 0 radical (unpaired) electrons. The predicted octanol–water partition coefficient (Wildman–Crippen LogP) is 5.62. The van der Waals surface area contributed by atoms with E-state index in [2.05, 4.69) is 26.1 Å². The van der Waals surface area contributed by atoms with Crippen LogP contribution in [0.15, 0.2) is 59.1 Å². The fraction of sp³-hybridized carbons (Fsp3) is 0.185. The van der Waals surface area contributed by atoms with Crippen LogP contribution in [0.2, 0.25) is 0 Å². The number of aryl methyl sites for hydroxylation is 2. The van der Waals surface area contributed by atoms with E-state index in [4.69, 9.17) is 4.74 Å². The smallest absolute Gasteiger partial charge is 0.273 e. The number of halogens is 1. The Hall–Kier alpha value is -3.78. The molecule has 0 saturated heterocycles. The number of fused-ring (bicyclic) bond motifs is 1. The van der Waals surface area contributed by atoms with E-state index in [0.29, 0.717) is 33.5 Å². The van der Waals surface area contributed by atoms with Crippen LogP contribution >= 0.6 is 15.9 Å². The van der Waals surface area contributed by atoms with Gasteiger partial charge in [-0.2, -0.15) is 5.10 Å². The number of phenolic OH excluding ortho intramolecular Hbond substituents is 2. The molecule has 0 saturated carbocycles. The molecule has 1 aliphatic rings. The number of methoxy groups -OCH3 is 1. The number of phenols is 2. The number of nitrogens with zero attached hydrogens (tertiary/aromatic N) is 2. The summed E-state index contributed by atoms with van der Waals surface area (Å²) in [6.07, 6.45) is 0. The zero-order chi connectivity index (χ0) is 24.9. The average Bonchev–Trinajstić information content (AvgIpc) is 3.38. The number of rotatable bonds is 5. The van der Waals surface area contributed by atoms with Gasteiger partial charge in [0.1, 0.15) is 17.1 Å². The zero-order valence-corrected chi connectivity index (χ0v) is 21.0. The predicted molar refractivity (Wildman–Crippen MR) is 136 cm³/mol. The van der Waals surface area contributed by atoms with Gasteiger partial charge < -0.3 is 19.8 Å². The monoisotopic (exact) mass is 533 g/mol. The molecular weight excluding hydrogens is 510 g/mol. The number of carbonyl (C=O) groups excluding carboxylic acids is 1. The Kier molecular flexibility index (Phi) is 5.76. The molecule has 8 heteroatoms. The maximum absolute atomic E-state index is 13.7. The minimum atomic E-state index is -0.530. The minimum absolute atomic E-state index is 0.0187. The summed E-state index contributed by atoms with van der Waals surface area (Å²) in [5, 5.41) is 28.7. The van der Waals surface area contributed by atoms with Crippen molar-refractivity contribution in [2.45, 2.75) is 26.4 Å². The van der Waals surface area contributed by atoms with Crippen molar-refractivity contribution in [1.29, 1.82) is 0 Å². The van der Waals surface area contributed by atoms with Gasteiger partial charge in [-0.25, -0.2) is 0 Å². The van der Waals surface area contributed by atoms with Crippen LogP contribution in [0, 0.1) is 13.8 Å². The molecule has 4 aromatic rings. The molecule has 1 aromatic heterocycles. The minimum Gasteiger partial charge on any atom is -0.507 e. The van der Waals surface area contributed by atoms with E-state index in [1.54, 1.807) is 17.0 Å². The zero-order valence-electron chi connectivity index (χ0n) is 19.5. The van der Waals surface area contributed by atoms with Crippen molar-refractivity contribution in [1.82, 2.24) is 15.1 Å². The lowest BCUT2D eigenvalue weighted by Gasteiger charge is -2.27. The molecule has 3 N–H and O–H groups in total. The molecule has 1 unspecified atom stereocenters. The van der Waals surface area contributed by atoms with Crippen LogP contribution in [0.3, 0.4) is 0 Å². The topological polar surface area (TPSA) is 98.7 Å². The van der Waals surface area contributed by atoms with Crippen LogP contribution in [0.5, 0.6) is 17.2 Å². The number of amides is 1. The lowest BCUT2D eigenvalue weighted by Crippen LogP contribution is -2.29. The van der Waals surface area contributed by atoms with Gasteiger partial charge in [0.05, 0.1) is 17.6 Å². The first kappa shape index (κ1) is 23.0. The van der Waals surface area contributed by atoms with Gasteiger partial charge in [0.2, 0.25) is 0 Å². The lowest BCUT2D eigenvalue weighted by molar-refractivity contribution is 0.0730. The van der Waals surface area contributed by atoms with Crippen LogP contribution in [0.1, 0.15) is 44.3 Å². The Labute approximate surface area is 211 Å². The number of nitrogens with one attached hydrogen (secondary N) is 1. The van der Waals surface area contributed by atoms with Gasteiger partial charge in [-0.05, 0) is 70.2 Å². The first-order valence-corrected chi connectivity index (χ1v) is 11.9. The average molecular weight is 534 g/mol. The highest BCUT2D eigenvalue weighted by molar-refractivity contribution is 9.10. The van der Waals surface area contributed by atoms with E-state index in [9.17, 15) is 15.0 Å². The van der Waals surface area contributed by atoms with E-state index >= 15 is 0 Å². The van der Waals surface area contributed by atoms with E-state index in [1.807, 2.05) is 56.3 Å². The molecule has 35 heavy (non-hydrogen) atoms. The summed E-state index contributed by atoms with van der Waals surface area (Å²) in [5.74, 6) is 0.200. The van der Waals surface area contributed by atoms with Crippen LogP contribution < -0.4 is 4.74 Å². The standard InChI is InChI=1S/C27H24BrN3O4/c1-14-9-15(2)25(32)18(10-14)22-21-23(30-29-22)27(34)31(13-16-7-5-4-6-8-16)24(21)17-11-19(28)26(33)20(12-17)35-3/h4-12,24,32-33H,13H2,1-3H3,(H,29,30). The van der Waals surface area contributed by atoms with Crippen LogP contribution in [0.4, 0.5) is 0 Å². The molecule has 0 bridgehead atoms. The number of benzene rings is 3. The van der Waals surface area contributed by atoms with Crippen molar-refractivity contribution < 1.29 is 19.7 Å². The normalized spacial score (nSPS) is 14.9. The van der Waals surface area contributed by atoms with E-state index < -0.39 is 6.04 Å². The first-order valence-electron chi connectivity index (χ1n) is 11.1. The molecule has 0 aliphatic carbocycles. The molecule has 3 aromatic carbocycles. The molecule has 7 nitrogen and oxygen atoms in total. The molecule has 1 amide bonds. The second-order valence-corrected chi connectivity index (χ2v) is 9.57. The van der Waals surface area contributed by atoms with Gasteiger partial charge in [-0.15, -0.1) is 0 Å². The van der Waals surface area contributed by atoms with Gasteiger partial charge in [-0.3, -0.25) is 9.89 Å². The summed E-state index contributed by atoms with van der Waals surface area (Å²) < 4.78 is 5.85. The summed E-state index contributed by atoms with van der Waals surface area (Å²) in [4.78, 5) is 15.4. The van der Waals surface area contributed by atoms with E-state index in [1.165, 1.54) is 7.11 Å². The van der Waals surface area contributed by atoms with Crippen molar-refractivity contribution in [3.05, 3.63) is 92.6 Å². The number of aromatic nitrogens is 2. The molecule has 1 aliphatic heterocycles. The Morgan fingerprint density at radius 3 is 2.54 bits per heavy atom. The van der Waals surface area contributed by atoms with Crippen molar-refractivity contribution in [3.63, 3.8) is 0 Å². The SMILES string of the molecule is COc1cc(C2c3c(-c4cc(C)cc(C)c4O)n[nH]c3C(=O)N2Cc2ccccc2)cc(Br)c1O. The maximum atomic E-state index is 13.7. The highest BCUT2D eigenvalue weighted by atomic mass is 79.9. The van der Waals surface area contributed by atoms with Gasteiger partial charge >= 0.3 is 0 Å². The van der Waals surface area contributed by atoms with Crippen LogP contribution in [-0.2, 0) is 6.54 Å². The Morgan fingerprint density at radius 1 is 1.09 bits per heavy atom. The summed E-state index contributed by atoms with van der Waals surface area (Å²) in [6.45, 7) is 4.16. The summed E-state index contributed by atoms with van der Waals surface area (Å²) in [5.41, 5.74) is 5.54. The second-order valence-electron chi connectivity index (χ2n) is 8.71. The van der Waals surface area contributed by atoms with Gasteiger partial charge in [-0.1, -0.05) is 36.4 Å². The van der Waals surface area contributed by atoms with Gasteiger partial charge in [0.25, 0.3) is 5.91 Å². The van der Waals surface area contributed by atoms with Gasteiger partial charge in [0, 0.05) is 17.7 Å². The number of carbonyl (C=O) groups is 1. The third-order valence-electron chi connectivity index (χ3n) is 6.35. The van der Waals surface area contributed by atoms with Gasteiger partial charge in [0.15, 0.2) is 11.5 Å². The number of hydrogen-bond acceptors (Lipinski definition) is 5. The highest BCUT2D eigenvalue weighted by Gasteiger charge is 2.43. The third kappa shape index (κ3) is 3.83. The van der Waals surface area contributed by atoms with Crippen molar-refractivity contribution in [2.75, 3.05) is 7.11 Å². The number of aromatic hydroxyl groups is 2. The number of H-pyrrole nitrogens is 1. The Balaban J connectivity index is 1.74. The number of hydrogen-bond donors (Lipinski definition) is 3. The van der Waals surface area contributed by atoms with Crippen molar-refractivity contribution in [2.24, 2.45) is 0 Å². The Morgan fingerprint density at radius 2 is 1.83 bits per heavy atom. The fourth-order valence-corrected chi connectivity index (χ4v) is 5.20. The summed E-state index contributed by atoms with van der Waals surface area (Å²) >= 11 is 3.41. The number of ether oxygens (including phenoxy) is 1. The van der Waals surface area contributed by atoms with E-state index in [-0.39, 0.29) is 23.2 Å². The molecule has 5 rings (SSSR count). The maximum Gasteiger partial charge on any atom is 0.273 e. The van der Waals surface area contributed by atoms with Crippen molar-refractivity contribution >= 4 is 21.8 Å². The Bertz CT molecular complexity index is 1450. The van der Waals surface area contributed by atoms with Crippen LogP contribution in [0.25, 0.3) is 11.3 Å². The molecule has 0 spiro atoms. The fourth-order valence-electron chi connectivity index (χ4n) is 4.74. The second kappa shape index (κ2) is 8.78. The van der Waals surface area contributed by atoms with Crippen molar-refractivity contribution in [3.8, 4) is 28.5 Å². The van der Waals surface area contributed by atoms with Crippen LogP contribution in [-0.4, -0.2) is 38.3 Å². The largest absolute Gasteiger partial charge is 0.507 e. The first-order chi connectivity index (χ1) is 16.8. The molecule has 178 valence electrons. The highest BCUT2D eigenvalue weighted by Crippen LogP contribution is 2.48. The quantitative estimate of drug-likeness (QED) is 0.309. The molecular formula is C27H24BrN3O4. The molecule has 0 fully saturated rings. The summed E-state index contributed by atoms with van der Waals surface area (Å²) in [7, 11) is 1.48. The molecule has 2 heterocycles. The summed E-state index contributed by atoms with van der Waals surface area (Å²) in [6, 6.07) is 16.5. The third-order valence-corrected chi connectivity index (χ3v) is 6.95. The lowest BCUT2D eigenvalue weighted by atomic mass is 9.93. The molecule has 1 atom stereocenters. The van der Waals surface area contributed by atoms with E-state index in [0.717, 1.165) is 22.3 Å². The number of aromatic amines is 1.